The van der Waals surface area contributed by atoms with Crippen molar-refractivity contribution in [2.75, 3.05) is 13.6 Å². The van der Waals surface area contributed by atoms with Gasteiger partial charge in [-0.05, 0) is 19.3 Å². The van der Waals surface area contributed by atoms with E-state index in [0.29, 0.717) is 6.17 Å². The third-order valence-corrected chi connectivity index (χ3v) is 5.18. The predicted octanol–water partition coefficient (Wildman–Crippen LogP) is 6.53. The normalized spacial score (nSPS) is 17.4. The molecule has 0 saturated carbocycles. The first kappa shape index (κ1) is 20.4. The lowest BCUT2D eigenvalue weighted by Gasteiger charge is -2.30. The van der Waals surface area contributed by atoms with Crippen LogP contribution in [0.1, 0.15) is 104 Å². The molecule has 2 heteroatoms. The van der Waals surface area contributed by atoms with Gasteiger partial charge in [0.15, 0.2) is 0 Å². The molecule has 23 heavy (non-hydrogen) atoms. The van der Waals surface area contributed by atoms with Crippen molar-refractivity contribution < 1.29 is 0 Å². The molecule has 0 aromatic rings. The van der Waals surface area contributed by atoms with Gasteiger partial charge in [-0.2, -0.15) is 0 Å². The lowest BCUT2D eigenvalue weighted by Crippen LogP contribution is -2.37. The molecule has 0 spiro atoms. The number of hydrogen-bond acceptors (Lipinski definition) is 2. The van der Waals surface area contributed by atoms with E-state index in [9.17, 15) is 0 Å². The number of nitrogens with zero attached hydrogens (tertiary/aromatic N) is 2. The van der Waals surface area contributed by atoms with Crippen LogP contribution >= 0.6 is 0 Å². The smallest absolute Gasteiger partial charge is 0.100 e. The summed E-state index contributed by atoms with van der Waals surface area (Å²) in [6.45, 7) is 5.83. The van der Waals surface area contributed by atoms with E-state index in [0.717, 1.165) is 0 Å². The second-order valence-electron chi connectivity index (χ2n) is 7.36. The molecular weight excluding hydrogens is 280 g/mol. The van der Waals surface area contributed by atoms with E-state index >= 15 is 0 Å². The third kappa shape index (κ3) is 9.27. The van der Waals surface area contributed by atoms with Gasteiger partial charge in [-0.1, -0.05) is 84.5 Å². The lowest BCUT2D eigenvalue weighted by molar-refractivity contribution is 0.159. The summed E-state index contributed by atoms with van der Waals surface area (Å²) in [6.07, 6.45) is 24.8. The average molecular weight is 323 g/mol. The quantitative estimate of drug-likeness (QED) is 0.316. The minimum absolute atomic E-state index is 0.626. The van der Waals surface area contributed by atoms with Crippen LogP contribution in [-0.2, 0) is 0 Å². The fraction of sp³-hybridized carbons (Fsp3) is 0.905. The molecular formula is C21H42N2. The molecule has 1 atom stereocenters. The van der Waals surface area contributed by atoms with Crippen LogP contribution < -0.4 is 0 Å². The highest BCUT2D eigenvalue weighted by molar-refractivity contribution is 4.95. The van der Waals surface area contributed by atoms with Crippen molar-refractivity contribution in [2.24, 2.45) is 0 Å². The summed E-state index contributed by atoms with van der Waals surface area (Å²) in [5.41, 5.74) is 0. The van der Waals surface area contributed by atoms with E-state index in [4.69, 9.17) is 0 Å². The van der Waals surface area contributed by atoms with Crippen molar-refractivity contribution in [1.29, 1.82) is 0 Å². The van der Waals surface area contributed by atoms with Gasteiger partial charge < -0.3 is 9.80 Å². The Bertz CT molecular complexity index is 288. The van der Waals surface area contributed by atoms with Crippen molar-refractivity contribution in [3.05, 3.63) is 12.4 Å². The Morgan fingerprint density at radius 1 is 0.652 bits per heavy atom. The third-order valence-electron chi connectivity index (χ3n) is 5.18. The minimum Gasteiger partial charge on any atom is -0.359 e. The highest BCUT2D eigenvalue weighted by atomic mass is 15.4. The van der Waals surface area contributed by atoms with Crippen LogP contribution in [0.5, 0.6) is 0 Å². The lowest BCUT2D eigenvalue weighted by atomic mass is 10.1. The zero-order valence-electron chi connectivity index (χ0n) is 16.2. The maximum Gasteiger partial charge on any atom is 0.100 e. The van der Waals surface area contributed by atoms with E-state index in [1.54, 1.807) is 0 Å². The summed E-state index contributed by atoms with van der Waals surface area (Å²) in [4.78, 5) is 4.98. The van der Waals surface area contributed by atoms with Gasteiger partial charge >= 0.3 is 0 Å². The van der Waals surface area contributed by atoms with Gasteiger partial charge in [-0.3, -0.25) is 0 Å². The largest absolute Gasteiger partial charge is 0.359 e. The monoisotopic (exact) mass is 322 g/mol. The molecule has 1 aliphatic heterocycles. The molecule has 0 amide bonds. The molecule has 0 aromatic heterocycles. The van der Waals surface area contributed by atoms with E-state index in [1.165, 1.54) is 96.4 Å². The van der Waals surface area contributed by atoms with Crippen molar-refractivity contribution >= 4 is 0 Å². The second kappa shape index (κ2) is 13.7. The van der Waals surface area contributed by atoms with Crippen LogP contribution in [0, 0.1) is 0 Å². The van der Waals surface area contributed by atoms with Gasteiger partial charge in [0.25, 0.3) is 0 Å². The van der Waals surface area contributed by atoms with Gasteiger partial charge in [0.1, 0.15) is 6.17 Å². The Morgan fingerprint density at radius 3 is 1.78 bits per heavy atom. The van der Waals surface area contributed by atoms with Crippen LogP contribution in [0.3, 0.4) is 0 Å². The molecule has 1 rings (SSSR count). The topological polar surface area (TPSA) is 6.48 Å². The number of unbranched alkanes of at least 4 members (excludes halogenated alkanes) is 11. The molecule has 2 nitrogen and oxygen atoms in total. The average Bonchev–Trinajstić information content (AvgIpc) is 2.90. The van der Waals surface area contributed by atoms with E-state index in [1.807, 2.05) is 0 Å². The summed E-state index contributed by atoms with van der Waals surface area (Å²) >= 11 is 0. The first-order valence-electron chi connectivity index (χ1n) is 10.5. The molecule has 0 aliphatic carbocycles. The summed E-state index contributed by atoms with van der Waals surface area (Å²) in [5, 5.41) is 0. The maximum absolute atomic E-state index is 2.58. The van der Waals surface area contributed by atoms with E-state index < -0.39 is 0 Å². The predicted molar refractivity (Wildman–Crippen MR) is 103 cm³/mol. The highest BCUT2D eigenvalue weighted by Crippen LogP contribution is 2.21. The van der Waals surface area contributed by atoms with Gasteiger partial charge in [0.05, 0.1) is 0 Å². The zero-order chi connectivity index (χ0) is 16.8. The molecule has 0 bridgehead atoms. The first-order valence-corrected chi connectivity index (χ1v) is 10.5. The SMILES string of the molecule is CCCCCCCCCCCN1C=CN(C)C1CCCCCC. The molecule has 1 heterocycles. The second-order valence-corrected chi connectivity index (χ2v) is 7.36. The van der Waals surface area contributed by atoms with E-state index in [2.05, 4.69) is 43.1 Å². The van der Waals surface area contributed by atoms with Gasteiger partial charge in [0.2, 0.25) is 0 Å². The van der Waals surface area contributed by atoms with Crippen molar-refractivity contribution in [3.8, 4) is 0 Å². The zero-order valence-corrected chi connectivity index (χ0v) is 16.2. The summed E-state index contributed by atoms with van der Waals surface area (Å²) < 4.78 is 0. The highest BCUT2D eigenvalue weighted by Gasteiger charge is 2.22. The number of rotatable bonds is 15. The Morgan fingerprint density at radius 2 is 1.17 bits per heavy atom. The van der Waals surface area contributed by atoms with Crippen molar-refractivity contribution in [1.82, 2.24) is 9.80 Å². The summed E-state index contributed by atoms with van der Waals surface area (Å²) in [7, 11) is 2.23. The molecule has 1 aliphatic rings. The fourth-order valence-corrected chi connectivity index (χ4v) is 3.58. The Labute approximate surface area is 146 Å². The molecule has 0 aromatic carbocycles. The van der Waals surface area contributed by atoms with Gasteiger partial charge in [-0.25, -0.2) is 0 Å². The van der Waals surface area contributed by atoms with Gasteiger partial charge in [-0.15, -0.1) is 0 Å². The molecule has 0 radical (unpaired) electrons. The number of hydrogen-bond donors (Lipinski definition) is 0. The van der Waals surface area contributed by atoms with Gasteiger partial charge in [0, 0.05) is 26.0 Å². The molecule has 0 fully saturated rings. The Hall–Kier alpha value is -0.660. The summed E-state index contributed by atoms with van der Waals surface area (Å²) in [5.74, 6) is 0. The van der Waals surface area contributed by atoms with Crippen molar-refractivity contribution in [2.45, 2.75) is 110 Å². The first-order chi connectivity index (χ1) is 11.3. The summed E-state index contributed by atoms with van der Waals surface area (Å²) in [6, 6.07) is 0. The minimum atomic E-state index is 0.626. The molecule has 0 saturated heterocycles. The standard InChI is InChI=1S/C21H42N2/c1-4-6-8-10-11-12-13-14-16-18-23-20-19-22(3)21(23)17-15-9-7-5-2/h19-21H,4-18H2,1-3H3. The Kier molecular flexibility index (Phi) is 12.2. The van der Waals surface area contributed by atoms with E-state index in [-0.39, 0.29) is 0 Å². The molecule has 136 valence electrons. The molecule has 1 unspecified atom stereocenters. The van der Waals surface area contributed by atoms with Crippen LogP contribution in [0.25, 0.3) is 0 Å². The Balaban J connectivity index is 2.02. The maximum atomic E-state index is 2.58. The van der Waals surface area contributed by atoms with Crippen LogP contribution in [-0.4, -0.2) is 29.6 Å². The fourth-order valence-electron chi connectivity index (χ4n) is 3.58. The van der Waals surface area contributed by atoms with Crippen molar-refractivity contribution in [3.63, 3.8) is 0 Å². The van der Waals surface area contributed by atoms with Crippen LogP contribution in [0.15, 0.2) is 12.4 Å². The van der Waals surface area contributed by atoms with Crippen LogP contribution in [0.2, 0.25) is 0 Å². The van der Waals surface area contributed by atoms with Crippen LogP contribution in [0.4, 0.5) is 0 Å². The molecule has 0 N–H and O–H groups in total.